The van der Waals surface area contributed by atoms with Crippen molar-refractivity contribution in [2.45, 2.75) is 70.1 Å². The van der Waals surface area contributed by atoms with E-state index in [9.17, 15) is 0 Å². The summed E-state index contributed by atoms with van der Waals surface area (Å²) in [7, 11) is 4.37. The number of hydrogen-bond acceptors (Lipinski definition) is 5. The molecule has 2 fully saturated rings. The third-order valence-electron chi connectivity index (χ3n) is 7.03. The zero-order chi connectivity index (χ0) is 20.4. The fraction of sp³-hybridized carbons (Fsp3) is 0.625. The summed E-state index contributed by atoms with van der Waals surface area (Å²) in [5.74, 6) is 1.04. The van der Waals surface area contributed by atoms with Crippen LogP contribution in [0.3, 0.4) is 0 Å². The molecule has 0 amide bonds. The van der Waals surface area contributed by atoms with Gasteiger partial charge in [-0.15, -0.1) is 0 Å². The van der Waals surface area contributed by atoms with Gasteiger partial charge in [0.05, 0.1) is 12.1 Å². The van der Waals surface area contributed by atoms with Gasteiger partial charge in [0.15, 0.2) is 0 Å². The first-order chi connectivity index (χ1) is 14.1. The zero-order valence-corrected chi connectivity index (χ0v) is 18.2. The SMILES string of the molecule is C[C@H]1CCc2c(ccc(C(C=NC3CCN(C)CC3)=CN)c2OC2CCC2)N1C. The second kappa shape index (κ2) is 8.78. The molecule has 158 valence electrons. The molecule has 0 bridgehead atoms. The monoisotopic (exact) mass is 396 g/mol. The van der Waals surface area contributed by atoms with Gasteiger partial charge in [-0.3, -0.25) is 4.99 Å². The summed E-state index contributed by atoms with van der Waals surface area (Å²) in [6.07, 6.45) is 12.0. The van der Waals surface area contributed by atoms with Gasteiger partial charge >= 0.3 is 0 Å². The molecule has 0 unspecified atom stereocenters. The minimum absolute atomic E-state index is 0.342. The molecule has 3 aliphatic rings. The van der Waals surface area contributed by atoms with E-state index in [-0.39, 0.29) is 0 Å². The summed E-state index contributed by atoms with van der Waals surface area (Å²) in [6, 6.07) is 5.36. The molecule has 0 radical (unpaired) electrons. The highest BCUT2D eigenvalue weighted by Gasteiger charge is 2.28. The molecule has 1 saturated carbocycles. The van der Waals surface area contributed by atoms with E-state index in [1.54, 1.807) is 6.20 Å². The van der Waals surface area contributed by atoms with Crippen molar-refractivity contribution < 1.29 is 4.74 Å². The Morgan fingerprint density at radius 3 is 2.55 bits per heavy atom. The van der Waals surface area contributed by atoms with Crippen LogP contribution in [0.15, 0.2) is 23.3 Å². The number of anilines is 1. The highest BCUT2D eigenvalue weighted by Crippen LogP contribution is 2.42. The van der Waals surface area contributed by atoms with Crippen molar-refractivity contribution in [3.05, 3.63) is 29.5 Å². The van der Waals surface area contributed by atoms with Crippen LogP contribution < -0.4 is 15.4 Å². The van der Waals surface area contributed by atoms with Gasteiger partial charge in [0.2, 0.25) is 0 Å². The molecule has 5 nitrogen and oxygen atoms in total. The van der Waals surface area contributed by atoms with E-state index < -0.39 is 0 Å². The average Bonchev–Trinajstić information content (AvgIpc) is 2.70. The maximum atomic E-state index is 6.56. The lowest BCUT2D eigenvalue weighted by molar-refractivity contribution is 0.118. The number of likely N-dealkylation sites (tertiary alicyclic amines) is 1. The van der Waals surface area contributed by atoms with Gasteiger partial charge in [0, 0.05) is 47.9 Å². The quantitative estimate of drug-likeness (QED) is 0.768. The Bertz CT molecular complexity index is 775. The van der Waals surface area contributed by atoms with Gasteiger partial charge < -0.3 is 20.3 Å². The standard InChI is InChI=1S/C24H36N4O/c1-17-7-8-22-23(28(17)3)10-9-21(24(22)29-20-5-4-6-20)18(15-25)16-26-19-11-13-27(2)14-12-19/h9-10,15-17,19-20H,4-8,11-14,25H2,1-3H3/t17-/m0/s1. The van der Waals surface area contributed by atoms with Gasteiger partial charge in [-0.25, -0.2) is 0 Å². The summed E-state index contributed by atoms with van der Waals surface area (Å²) in [5.41, 5.74) is 10.8. The normalized spacial score (nSPS) is 24.6. The Hall–Kier alpha value is -2.01. The molecule has 1 aliphatic carbocycles. The van der Waals surface area contributed by atoms with Crippen LogP contribution in [0.2, 0.25) is 0 Å². The van der Waals surface area contributed by atoms with E-state index in [0.717, 1.165) is 68.5 Å². The number of benzene rings is 1. The molecule has 2 heterocycles. The van der Waals surface area contributed by atoms with Crippen LogP contribution in [-0.4, -0.2) is 56.5 Å². The smallest absolute Gasteiger partial charge is 0.132 e. The fourth-order valence-electron chi connectivity index (χ4n) is 4.52. The highest BCUT2D eigenvalue weighted by molar-refractivity contribution is 6.11. The molecule has 1 saturated heterocycles. The summed E-state index contributed by atoms with van der Waals surface area (Å²) >= 11 is 0. The summed E-state index contributed by atoms with van der Waals surface area (Å²) in [5, 5.41) is 0. The van der Waals surface area contributed by atoms with Crippen LogP contribution in [0.1, 0.15) is 56.6 Å². The van der Waals surface area contributed by atoms with Crippen molar-refractivity contribution in [3.8, 4) is 5.75 Å². The van der Waals surface area contributed by atoms with E-state index >= 15 is 0 Å². The number of ether oxygens (including phenoxy) is 1. The third kappa shape index (κ3) is 4.30. The first kappa shape index (κ1) is 20.3. The van der Waals surface area contributed by atoms with E-state index in [0.29, 0.717) is 18.2 Å². The van der Waals surface area contributed by atoms with Crippen molar-refractivity contribution >= 4 is 17.5 Å². The lowest BCUT2D eigenvalue weighted by Gasteiger charge is -2.37. The highest BCUT2D eigenvalue weighted by atomic mass is 16.5. The molecule has 29 heavy (non-hydrogen) atoms. The number of hydrogen-bond donors (Lipinski definition) is 1. The number of allylic oxidation sites excluding steroid dienone is 1. The van der Waals surface area contributed by atoms with Crippen molar-refractivity contribution in [2.75, 3.05) is 32.1 Å². The fourth-order valence-corrected chi connectivity index (χ4v) is 4.52. The van der Waals surface area contributed by atoms with Crippen LogP contribution in [0.4, 0.5) is 5.69 Å². The molecule has 1 aromatic carbocycles. The molecular weight excluding hydrogens is 360 g/mol. The predicted molar refractivity (Wildman–Crippen MR) is 122 cm³/mol. The van der Waals surface area contributed by atoms with Crippen LogP contribution in [0, 0.1) is 0 Å². The molecule has 2 aliphatic heterocycles. The number of piperidine rings is 1. The number of nitrogens with two attached hydrogens (primary N) is 1. The lowest BCUT2D eigenvalue weighted by Crippen LogP contribution is -2.34. The third-order valence-corrected chi connectivity index (χ3v) is 7.03. The van der Waals surface area contributed by atoms with E-state index in [4.69, 9.17) is 15.5 Å². The van der Waals surface area contributed by atoms with E-state index in [1.165, 1.54) is 17.7 Å². The molecule has 0 spiro atoms. The molecule has 1 aromatic rings. The number of rotatable bonds is 5. The predicted octanol–water partition coefficient (Wildman–Crippen LogP) is 3.85. The van der Waals surface area contributed by atoms with Crippen LogP contribution >= 0.6 is 0 Å². The maximum Gasteiger partial charge on any atom is 0.132 e. The molecule has 1 atom stereocenters. The van der Waals surface area contributed by atoms with Crippen LogP contribution in [0.25, 0.3) is 5.57 Å². The van der Waals surface area contributed by atoms with Crippen molar-refractivity contribution in [2.24, 2.45) is 10.7 Å². The number of aliphatic imine (C=N–C) groups is 1. The number of fused-ring (bicyclic) bond motifs is 1. The summed E-state index contributed by atoms with van der Waals surface area (Å²) in [6.45, 7) is 4.52. The number of nitrogens with zero attached hydrogens (tertiary/aromatic N) is 3. The molecule has 2 N–H and O–H groups in total. The van der Waals surface area contributed by atoms with Gasteiger partial charge in [0.25, 0.3) is 0 Å². The summed E-state index contributed by atoms with van der Waals surface area (Å²) in [4.78, 5) is 9.65. The van der Waals surface area contributed by atoms with Gasteiger partial charge in [-0.2, -0.15) is 0 Å². The van der Waals surface area contributed by atoms with Crippen LogP contribution in [0.5, 0.6) is 5.75 Å². The molecule has 5 heteroatoms. The Balaban J connectivity index is 1.64. The molecular formula is C24H36N4O. The van der Waals surface area contributed by atoms with Gasteiger partial charge in [-0.1, -0.05) is 0 Å². The second-order valence-electron chi connectivity index (χ2n) is 9.04. The van der Waals surface area contributed by atoms with Gasteiger partial charge in [0.1, 0.15) is 5.75 Å². The Labute approximate surface area is 175 Å². The van der Waals surface area contributed by atoms with Crippen molar-refractivity contribution in [1.29, 1.82) is 0 Å². The summed E-state index contributed by atoms with van der Waals surface area (Å²) < 4.78 is 6.56. The average molecular weight is 397 g/mol. The van der Waals surface area contributed by atoms with Crippen LogP contribution in [-0.2, 0) is 6.42 Å². The first-order valence-corrected chi connectivity index (χ1v) is 11.3. The minimum atomic E-state index is 0.342. The van der Waals surface area contributed by atoms with Crippen molar-refractivity contribution in [1.82, 2.24) is 4.90 Å². The Kier molecular flexibility index (Phi) is 6.14. The minimum Gasteiger partial charge on any atom is -0.489 e. The topological polar surface area (TPSA) is 54.1 Å². The second-order valence-corrected chi connectivity index (χ2v) is 9.04. The lowest BCUT2D eigenvalue weighted by atomic mass is 9.91. The molecule has 0 aromatic heterocycles. The zero-order valence-electron chi connectivity index (χ0n) is 18.2. The Morgan fingerprint density at radius 1 is 1.14 bits per heavy atom. The first-order valence-electron chi connectivity index (χ1n) is 11.3. The van der Waals surface area contributed by atoms with E-state index in [1.807, 2.05) is 6.21 Å². The molecule has 4 rings (SSSR count). The van der Waals surface area contributed by atoms with E-state index in [2.05, 4.69) is 43.0 Å². The van der Waals surface area contributed by atoms with Crippen molar-refractivity contribution in [3.63, 3.8) is 0 Å². The Morgan fingerprint density at radius 2 is 1.90 bits per heavy atom. The maximum absolute atomic E-state index is 6.56. The largest absolute Gasteiger partial charge is 0.489 e. The van der Waals surface area contributed by atoms with Gasteiger partial charge in [-0.05, 0) is 84.1 Å².